The molecular formula is C30H20. The zero-order valence-corrected chi connectivity index (χ0v) is 16.5. The third kappa shape index (κ3) is 2.69. The Labute approximate surface area is 176 Å². The molecule has 0 aliphatic heterocycles. The van der Waals surface area contributed by atoms with Gasteiger partial charge in [-0.2, -0.15) is 0 Å². The Hall–Kier alpha value is -3.90. The van der Waals surface area contributed by atoms with Crippen LogP contribution in [0.25, 0.3) is 54.6 Å². The van der Waals surface area contributed by atoms with Gasteiger partial charge in [0, 0.05) is 0 Å². The zero-order chi connectivity index (χ0) is 19.9. The van der Waals surface area contributed by atoms with Gasteiger partial charge in [0.25, 0.3) is 0 Å². The Morgan fingerprint density at radius 3 is 1.57 bits per heavy atom. The maximum Gasteiger partial charge on any atom is -0.00988 e. The van der Waals surface area contributed by atoms with Crippen molar-refractivity contribution in [2.24, 2.45) is 0 Å². The minimum Gasteiger partial charge on any atom is -0.0622 e. The molecule has 0 bridgehead atoms. The lowest BCUT2D eigenvalue weighted by Crippen LogP contribution is -1.85. The molecule has 0 saturated carbocycles. The van der Waals surface area contributed by atoms with Gasteiger partial charge in [-0.25, -0.2) is 0 Å². The second kappa shape index (κ2) is 6.86. The first kappa shape index (κ1) is 17.0. The van der Waals surface area contributed by atoms with E-state index in [1.165, 1.54) is 54.6 Å². The Kier molecular flexibility index (Phi) is 3.89. The highest BCUT2D eigenvalue weighted by Gasteiger charge is 2.10. The van der Waals surface area contributed by atoms with Crippen LogP contribution in [0.1, 0.15) is 0 Å². The molecule has 0 nitrogen and oxygen atoms in total. The Bertz CT molecular complexity index is 1460. The summed E-state index contributed by atoms with van der Waals surface area (Å²) < 4.78 is 0. The minimum atomic E-state index is 1.26. The number of hydrogen-bond acceptors (Lipinski definition) is 0. The predicted octanol–water partition coefficient (Wildman–Crippen LogP) is 8.48. The fraction of sp³-hybridized carbons (Fsp3) is 0. The molecule has 0 aromatic heterocycles. The Balaban J connectivity index is 1.65. The van der Waals surface area contributed by atoms with E-state index in [2.05, 4.69) is 121 Å². The van der Waals surface area contributed by atoms with E-state index in [1.54, 1.807) is 0 Å². The van der Waals surface area contributed by atoms with E-state index in [0.717, 1.165) is 0 Å². The van der Waals surface area contributed by atoms with Crippen LogP contribution in [0.15, 0.2) is 121 Å². The molecule has 140 valence electrons. The highest BCUT2D eigenvalue weighted by atomic mass is 14.1. The molecule has 0 aliphatic carbocycles. The SMILES string of the molecule is c1ccc(-c2cccc3cc4c(ccc5c(-c6ccccc6)cccc54)cc23)cc1. The first-order chi connectivity index (χ1) is 14.9. The fourth-order valence-corrected chi connectivity index (χ4v) is 4.60. The first-order valence-corrected chi connectivity index (χ1v) is 10.4. The number of benzene rings is 6. The lowest BCUT2D eigenvalue weighted by molar-refractivity contribution is 1.65. The molecule has 0 fully saturated rings. The predicted molar refractivity (Wildman–Crippen MR) is 130 cm³/mol. The number of rotatable bonds is 2. The highest BCUT2D eigenvalue weighted by molar-refractivity contribution is 6.16. The smallest absolute Gasteiger partial charge is 0.00988 e. The average Bonchev–Trinajstić information content (AvgIpc) is 2.83. The van der Waals surface area contributed by atoms with Crippen LogP contribution < -0.4 is 0 Å². The molecule has 0 heterocycles. The molecule has 0 amide bonds. The van der Waals surface area contributed by atoms with Gasteiger partial charge in [0.2, 0.25) is 0 Å². The fourth-order valence-electron chi connectivity index (χ4n) is 4.60. The summed E-state index contributed by atoms with van der Waals surface area (Å²) >= 11 is 0. The van der Waals surface area contributed by atoms with Gasteiger partial charge in [-0.15, -0.1) is 0 Å². The summed E-state index contributed by atoms with van der Waals surface area (Å²) in [4.78, 5) is 0. The van der Waals surface area contributed by atoms with Crippen LogP contribution >= 0.6 is 0 Å². The van der Waals surface area contributed by atoms with Crippen molar-refractivity contribution in [2.75, 3.05) is 0 Å². The Morgan fingerprint density at radius 1 is 0.300 bits per heavy atom. The van der Waals surface area contributed by atoms with E-state index in [-0.39, 0.29) is 0 Å². The van der Waals surface area contributed by atoms with E-state index in [9.17, 15) is 0 Å². The van der Waals surface area contributed by atoms with E-state index in [0.29, 0.717) is 0 Å². The van der Waals surface area contributed by atoms with Gasteiger partial charge in [-0.05, 0) is 66.7 Å². The van der Waals surface area contributed by atoms with Gasteiger partial charge in [-0.1, -0.05) is 109 Å². The lowest BCUT2D eigenvalue weighted by atomic mass is 9.91. The second-order valence-corrected chi connectivity index (χ2v) is 7.80. The maximum absolute atomic E-state index is 2.36. The van der Waals surface area contributed by atoms with Gasteiger partial charge in [-0.3, -0.25) is 0 Å². The molecule has 6 aromatic carbocycles. The third-order valence-corrected chi connectivity index (χ3v) is 6.05. The maximum atomic E-state index is 2.36. The summed E-state index contributed by atoms with van der Waals surface area (Å²) in [7, 11) is 0. The van der Waals surface area contributed by atoms with Crippen LogP contribution in [0.5, 0.6) is 0 Å². The highest BCUT2D eigenvalue weighted by Crippen LogP contribution is 2.37. The first-order valence-electron chi connectivity index (χ1n) is 10.4. The second-order valence-electron chi connectivity index (χ2n) is 7.80. The van der Waals surface area contributed by atoms with Crippen molar-refractivity contribution >= 4 is 32.3 Å². The van der Waals surface area contributed by atoms with E-state index < -0.39 is 0 Å². The molecule has 30 heavy (non-hydrogen) atoms. The van der Waals surface area contributed by atoms with Crippen LogP contribution in [0.4, 0.5) is 0 Å². The van der Waals surface area contributed by atoms with Crippen molar-refractivity contribution in [3.05, 3.63) is 121 Å². The van der Waals surface area contributed by atoms with Crippen molar-refractivity contribution in [3.63, 3.8) is 0 Å². The molecule has 6 rings (SSSR count). The summed E-state index contributed by atoms with van der Waals surface area (Å²) in [5, 5.41) is 7.78. The van der Waals surface area contributed by atoms with Gasteiger partial charge < -0.3 is 0 Å². The van der Waals surface area contributed by atoms with Crippen LogP contribution in [0.2, 0.25) is 0 Å². The lowest BCUT2D eigenvalue weighted by Gasteiger charge is -2.12. The van der Waals surface area contributed by atoms with E-state index in [1.807, 2.05) is 0 Å². The van der Waals surface area contributed by atoms with Crippen molar-refractivity contribution in [1.82, 2.24) is 0 Å². The monoisotopic (exact) mass is 380 g/mol. The third-order valence-electron chi connectivity index (χ3n) is 6.05. The van der Waals surface area contributed by atoms with Crippen molar-refractivity contribution in [2.45, 2.75) is 0 Å². The summed E-state index contributed by atoms with van der Waals surface area (Å²) in [6.45, 7) is 0. The molecule has 0 atom stereocenters. The van der Waals surface area contributed by atoms with Gasteiger partial charge >= 0.3 is 0 Å². The average molecular weight is 380 g/mol. The molecule has 0 radical (unpaired) electrons. The Morgan fingerprint density at radius 2 is 0.867 bits per heavy atom. The van der Waals surface area contributed by atoms with Gasteiger partial charge in [0.1, 0.15) is 0 Å². The van der Waals surface area contributed by atoms with E-state index >= 15 is 0 Å². The minimum absolute atomic E-state index is 1.26. The molecule has 6 aromatic rings. The molecular weight excluding hydrogens is 360 g/mol. The van der Waals surface area contributed by atoms with Crippen LogP contribution in [-0.2, 0) is 0 Å². The topological polar surface area (TPSA) is 0 Å². The summed E-state index contributed by atoms with van der Waals surface area (Å²) in [6, 6.07) is 43.8. The molecule has 0 heteroatoms. The molecule has 0 N–H and O–H groups in total. The van der Waals surface area contributed by atoms with Gasteiger partial charge in [0.15, 0.2) is 0 Å². The summed E-state index contributed by atoms with van der Waals surface area (Å²) in [5.74, 6) is 0. The van der Waals surface area contributed by atoms with Crippen LogP contribution in [0, 0.1) is 0 Å². The van der Waals surface area contributed by atoms with Crippen molar-refractivity contribution < 1.29 is 0 Å². The molecule has 0 aliphatic rings. The summed E-state index contributed by atoms with van der Waals surface area (Å²) in [6.07, 6.45) is 0. The van der Waals surface area contributed by atoms with Crippen LogP contribution in [0.3, 0.4) is 0 Å². The number of fused-ring (bicyclic) bond motifs is 4. The van der Waals surface area contributed by atoms with Crippen molar-refractivity contribution in [1.29, 1.82) is 0 Å². The van der Waals surface area contributed by atoms with Crippen LogP contribution in [-0.4, -0.2) is 0 Å². The van der Waals surface area contributed by atoms with Crippen molar-refractivity contribution in [3.8, 4) is 22.3 Å². The van der Waals surface area contributed by atoms with E-state index in [4.69, 9.17) is 0 Å². The normalized spacial score (nSPS) is 11.3. The van der Waals surface area contributed by atoms with Gasteiger partial charge in [0.05, 0.1) is 0 Å². The molecule has 0 saturated heterocycles. The summed E-state index contributed by atoms with van der Waals surface area (Å²) in [5.41, 5.74) is 5.09. The largest absolute Gasteiger partial charge is 0.0622 e. The zero-order valence-electron chi connectivity index (χ0n) is 16.5. The number of hydrogen-bond donors (Lipinski definition) is 0. The molecule has 0 unspecified atom stereocenters. The standard InChI is InChI=1S/C30H20/c1-3-9-21(10-4-1)25-15-8-16-27-28(25)18-17-24-20-29-23(19-30(24)27)13-7-14-26(29)22-11-5-2-6-12-22/h1-20H. The quantitative estimate of drug-likeness (QED) is 0.209. The molecule has 0 spiro atoms.